The Kier molecular flexibility index (Phi) is 14.0. The van der Waals surface area contributed by atoms with Crippen molar-refractivity contribution in [2.75, 3.05) is 6.54 Å². The number of hydrogen-bond acceptors (Lipinski definition) is 3. The molecule has 4 heteroatoms. The molecule has 14 heavy (non-hydrogen) atoms. The van der Waals surface area contributed by atoms with E-state index in [1.807, 2.05) is 0 Å². The van der Waals surface area contributed by atoms with E-state index in [4.69, 9.17) is 16.6 Å². The highest BCUT2D eigenvalue weighted by Crippen LogP contribution is 1.96. The van der Waals surface area contributed by atoms with Crippen molar-refractivity contribution in [2.45, 2.75) is 52.0 Å². The fourth-order valence-corrected chi connectivity index (χ4v) is 0.632. The lowest BCUT2D eigenvalue weighted by Crippen LogP contribution is -2.29. The lowest BCUT2D eigenvalue weighted by molar-refractivity contribution is -0.138. The molecule has 0 heterocycles. The van der Waals surface area contributed by atoms with Crippen molar-refractivity contribution in [3.8, 4) is 0 Å². The molecule has 0 saturated heterocycles. The van der Waals surface area contributed by atoms with Gasteiger partial charge < -0.3 is 16.6 Å². The van der Waals surface area contributed by atoms with Gasteiger partial charge in [0, 0.05) is 0 Å². The summed E-state index contributed by atoms with van der Waals surface area (Å²) in [4.78, 5) is 10.1. The van der Waals surface area contributed by atoms with E-state index < -0.39 is 12.0 Å². The van der Waals surface area contributed by atoms with Gasteiger partial charge in [0.05, 0.1) is 0 Å². The Balaban J connectivity index is 0. The summed E-state index contributed by atoms with van der Waals surface area (Å²) in [6, 6.07) is -0.716. The fraction of sp³-hybridized carbons (Fsp3) is 0.900. The molecule has 1 unspecified atom stereocenters. The van der Waals surface area contributed by atoms with Crippen LogP contribution in [0.5, 0.6) is 0 Å². The minimum atomic E-state index is -0.933. The Morgan fingerprint density at radius 3 is 2.07 bits per heavy atom. The van der Waals surface area contributed by atoms with Gasteiger partial charge in [-0.1, -0.05) is 33.1 Å². The molecule has 0 aromatic carbocycles. The second-order valence-electron chi connectivity index (χ2n) is 3.23. The maximum Gasteiger partial charge on any atom is 0.320 e. The topological polar surface area (TPSA) is 89.3 Å². The number of rotatable bonds is 6. The first-order chi connectivity index (χ1) is 6.59. The summed E-state index contributed by atoms with van der Waals surface area (Å²) >= 11 is 0. The van der Waals surface area contributed by atoms with Gasteiger partial charge in [0.15, 0.2) is 0 Å². The van der Waals surface area contributed by atoms with E-state index in [1.54, 1.807) is 0 Å². The molecule has 86 valence electrons. The van der Waals surface area contributed by atoms with Gasteiger partial charge >= 0.3 is 5.97 Å². The molecular formula is C10H24N2O2. The first-order valence-electron chi connectivity index (χ1n) is 5.28. The second kappa shape index (κ2) is 12.4. The van der Waals surface area contributed by atoms with Crippen LogP contribution in [0.1, 0.15) is 46.0 Å². The highest BCUT2D eigenvalue weighted by atomic mass is 16.4. The molecule has 0 aromatic rings. The van der Waals surface area contributed by atoms with Crippen LogP contribution in [-0.4, -0.2) is 23.7 Å². The first kappa shape index (κ1) is 15.8. The number of carboxylic acid groups (broad SMARTS) is 1. The molecule has 0 rings (SSSR count). The van der Waals surface area contributed by atoms with Gasteiger partial charge in [-0.05, 0) is 19.4 Å². The molecule has 0 aliphatic rings. The largest absolute Gasteiger partial charge is 0.480 e. The standard InChI is InChI=1S/C6H14N2O2.C4H10/c7-4-2-1-3-5(8)6(9)10;1-3-4-2/h5H,1-4,7-8H2,(H,9,10);3-4H2,1-2H3. The highest BCUT2D eigenvalue weighted by Gasteiger charge is 2.09. The van der Waals surface area contributed by atoms with Gasteiger partial charge in [0.1, 0.15) is 6.04 Å². The number of nitrogens with two attached hydrogens (primary N) is 2. The van der Waals surface area contributed by atoms with Gasteiger partial charge in [-0.3, -0.25) is 4.79 Å². The molecule has 0 spiro atoms. The Morgan fingerprint density at radius 2 is 1.79 bits per heavy atom. The van der Waals surface area contributed by atoms with Crippen molar-refractivity contribution in [2.24, 2.45) is 11.5 Å². The Morgan fingerprint density at radius 1 is 1.29 bits per heavy atom. The smallest absolute Gasteiger partial charge is 0.320 e. The van der Waals surface area contributed by atoms with Crippen molar-refractivity contribution in [3.05, 3.63) is 0 Å². The van der Waals surface area contributed by atoms with Crippen molar-refractivity contribution in [1.82, 2.24) is 0 Å². The summed E-state index contributed by atoms with van der Waals surface area (Å²) in [6.07, 6.45) is 4.80. The van der Waals surface area contributed by atoms with Gasteiger partial charge in [0.2, 0.25) is 0 Å². The molecule has 0 bridgehead atoms. The van der Waals surface area contributed by atoms with Gasteiger partial charge in [0.25, 0.3) is 0 Å². The summed E-state index contributed by atoms with van der Waals surface area (Å²) in [5.41, 5.74) is 10.4. The molecule has 0 saturated carbocycles. The molecule has 4 nitrogen and oxygen atoms in total. The molecule has 0 radical (unpaired) electrons. The third kappa shape index (κ3) is 13.9. The van der Waals surface area contributed by atoms with Crippen molar-refractivity contribution in [3.63, 3.8) is 0 Å². The molecule has 5 N–H and O–H groups in total. The van der Waals surface area contributed by atoms with Crippen LogP contribution >= 0.6 is 0 Å². The first-order valence-corrected chi connectivity index (χ1v) is 5.28. The zero-order valence-corrected chi connectivity index (χ0v) is 9.33. The van der Waals surface area contributed by atoms with E-state index in [2.05, 4.69) is 13.8 Å². The van der Waals surface area contributed by atoms with E-state index in [1.165, 1.54) is 12.8 Å². The van der Waals surface area contributed by atoms with Gasteiger partial charge in [-0.2, -0.15) is 0 Å². The summed E-state index contributed by atoms with van der Waals surface area (Å²) < 4.78 is 0. The Labute approximate surface area is 86.7 Å². The highest BCUT2D eigenvalue weighted by molar-refractivity contribution is 5.72. The average Bonchev–Trinajstić information content (AvgIpc) is 2.18. The lowest BCUT2D eigenvalue weighted by Gasteiger charge is -2.03. The van der Waals surface area contributed by atoms with E-state index in [9.17, 15) is 4.79 Å². The van der Waals surface area contributed by atoms with Crippen LogP contribution in [0.25, 0.3) is 0 Å². The van der Waals surface area contributed by atoms with Crippen molar-refractivity contribution < 1.29 is 9.90 Å². The van der Waals surface area contributed by atoms with E-state index >= 15 is 0 Å². The van der Waals surface area contributed by atoms with Crippen LogP contribution < -0.4 is 11.5 Å². The van der Waals surface area contributed by atoms with Crippen LogP contribution in [0.3, 0.4) is 0 Å². The van der Waals surface area contributed by atoms with Crippen LogP contribution in [0.2, 0.25) is 0 Å². The number of carbonyl (C=O) groups is 1. The normalized spacial score (nSPS) is 11.4. The summed E-state index contributed by atoms with van der Waals surface area (Å²) in [7, 11) is 0. The predicted octanol–water partition coefficient (Wildman–Crippen LogP) is 1.33. The second-order valence-corrected chi connectivity index (χ2v) is 3.23. The van der Waals surface area contributed by atoms with E-state index in [0.717, 1.165) is 12.8 Å². The number of aliphatic carboxylic acids is 1. The van der Waals surface area contributed by atoms with Gasteiger partial charge in [-0.25, -0.2) is 0 Å². The maximum atomic E-state index is 10.1. The zero-order chi connectivity index (χ0) is 11.4. The van der Waals surface area contributed by atoms with Crippen LogP contribution in [0, 0.1) is 0 Å². The van der Waals surface area contributed by atoms with E-state index in [0.29, 0.717) is 13.0 Å². The van der Waals surface area contributed by atoms with E-state index in [-0.39, 0.29) is 0 Å². The summed E-state index contributed by atoms with van der Waals surface area (Å²) in [5.74, 6) is -0.933. The Hall–Kier alpha value is -0.610. The molecule has 0 aliphatic carbocycles. The molecule has 0 aliphatic heterocycles. The monoisotopic (exact) mass is 204 g/mol. The average molecular weight is 204 g/mol. The fourth-order valence-electron chi connectivity index (χ4n) is 0.632. The molecule has 0 fully saturated rings. The minimum Gasteiger partial charge on any atom is -0.480 e. The van der Waals surface area contributed by atoms with Crippen LogP contribution in [-0.2, 0) is 4.79 Å². The third-order valence-corrected chi connectivity index (χ3v) is 1.79. The number of carboxylic acids is 1. The quantitative estimate of drug-likeness (QED) is 0.569. The molecule has 0 aromatic heterocycles. The summed E-state index contributed by atoms with van der Waals surface area (Å²) in [5, 5.41) is 8.33. The number of unbranched alkanes of at least 4 members (excludes halogenated alkanes) is 2. The molecule has 1 atom stereocenters. The zero-order valence-electron chi connectivity index (χ0n) is 9.33. The third-order valence-electron chi connectivity index (χ3n) is 1.79. The van der Waals surface area contributed by atoms with Gasteiger partial charge in [-0.15, -0.1) is 0 Å². The predicted molar refractivity (Wildman–Crippen MR) is 59.1 cm³/mol. The lowest BCUT2D eigenvalue weighted by atomic mass is 10.1. The Bertz CT molecular complexity index is 127. The van der Waals surface area contributed by atoms with Crippen LogP contribution in [0.15, 0.2) is 0 Å². The molecular weight excluding hydrogens is 180 g/mol. The molecule has 0 amide bonds. The van der Waals surface area contributed by atoms with Crippen LogP contribution in [0.4, 0.5) is 0 Å². The summed E-state index contributed by atoms with van der Waals surface area (Å²) in [6.45, 7) is 4.96. The number of hydrogen-bond donors (Lipinski definition) is 3. The van der Waals surface area contributed by atoms with Crippen molar-refractivity contribution >= 4 is 5.97 Å². The maximum absolute atomic E-state index is 10.1. The minimum absolute atomic E-state index is 0.520. The van der Waals surface area contributed by atoms with Crippen molar-refractivity contribution in [1.29, 1.82) is 0 Å². The SMILES string of the molecule is CCCC.NCCCCC(N)C(=O)O.